The Morgan fingerprint density at radius 2 is 1.81 bits per heavy atom. The fourth-order valence-corrected chi connectivity index (χ4v) is 2.99. The number of amides is 1. The lowest BCUT2D eigenvalue weighted by molar-refractivity contribution is -0.141. The number of carbonyl (C=O) groups excluding carboxylic acids is 1. The van der Waals surface area contributed by atoms with Gasteiger partial charge in [0.15, 0.2) is 0 Å². The van der Waals surface area contributed by atoms with Gasteiger partial charge in [-0.1, -0.05) is 6.92 Å². The molecule has 0 saturated carbocycles. The van der Waals surface area contributed by atoms with Crippen LogP contribution in [0.1, 0.15) is 29.4 Å². The van der Waals surface area contributed by atoms with Crippen LogP contribution in [0.5, 0.6) is 0 Å². The Morgan fingerprint density at radius 1 is 1.15 bits per heavy atom. The van der Waals surface area contributed by atoms with Crippen molar-refractivity contribution in [2.24, 2.45) is 0 Å². The molecule has 0 unspecified atom stereocenters. The largest absolute Gasteiger partial charge is 0.433 e. The molecule has 2 aromatic rings. The van der Waals surface area contributed by atoms with Crippen LogP contribution in [0, 0.1) is 0 Å². The van der Waals surface area contributed by atoms with Gasteiger partial charge in [-0.25, -0.2) is 23.1 Å². The Bertz CT molecular complexity index is 884. The van der Waals surface area contributed by atoms with E-state index in [9.17, 15) is 26.4 Å². The first kappa shape index (κ1) is 19.8. The summed E-state index contributed by atoms with van der Waals surface area (Å²) in [4.78, 5) is 18.8. The Labute approximate surface area is 147 Å². The van der Waals surface area contributed by atoms with E-state index in [1.807, 2.05) is 6.92 Å². The maximum absolute atomic E-state index is 12.6. The lowest BCUT2D eigenvalue weighted by atomic mass is 10.2. The minimum absolute atomic E-state index is 0.0298. The van der Waals surface area contributed by atoms with Gasteiger partial charge in [-0.15, -0.1) is 0 Å². The summed E-state index contributed by atoms with van der Waals surface area (Å²) < 4.78 is 64.1. The van der Waals surface area contributed by atoms with Crippen LogP contribution in [0.3, 0.4) is 0 Å². The number of hydrogen-bond donors (Lipinski definition) is 2. The van der Waals surface area contributed by atoms with Crippen molar-refractivity contribution in [3.05, 3.63) is 47.8 Å². The van der Waals surface area contributed by atoms with Crippen molar-refractivity contribution in [3.8, 4) is 0 Å². The Balaban J connectivity index is 2.14. The highest BCUT2D eigenvalue weighted by Gasteiger charge is 2.32. The van der Waals surface area contributed by atoms with Crippen LogP contribution in [-0.4, -0.2) is 30.8 Å². The number of rotatable bonds is 6. The van der Waals surface area contributed by atoms with E-state index in [-0.39, 0.29) is 17.0 Å². The summed E-state index contributed by atoms with van der Waals surface area (Å²) in [6.07, 6.45) is -3.17. The second kappa shape index (κ2) is 7.79. The average Bonchev–Trinajstić information content (AvgIpc) is 2.59. The molecular formula is C15H15F3N4O3S. The van der Waals surface area contributed by atoms with Crippen molar-refractivity contribution in [1.82, 2.24) is 14.7 Å². The second-order valence-electron chi connectivity index (χ2n) is 5.14. The van der Waals surface area contributed by atoms with Crippen LogP contribution in [0.25, 0.3) is 0 Å². The van der Waals surface area contributed by atoms with Crippen molar-refractivity contribution < 1.29 is 26.4 Å². The molecular weight excluding hydrogens is 373 g/mol. The van der Waals surface area contributed by atoms with Gasteiger partial charge in [0.2, 0.25) is 16.0 Å². The van der Waals surface area contributed by atoms with Gasteiger partial charge in [0.05, 0.1) is 4.90 Å². The predicted molar refractivity (Wildman–Crippen MR) is 86.9 cm³/mol. The van der Waals surface area contributed by atoms with Crippen molar-refractivity contribution >= 4 is 21.9 Å². The normalized spacial score (nSPS) is 12.0. The monoisotopic (exact) mass is 388 g/mol. The van der Waals surface area contributed by atoms with Crippen LogP contribution in [0.4, 0.5) is 19.1 Å². The zero-order chi connectivity index (χ0) is 19.4. The van der Waals surface area contributed by atoms with E-state index in [4.69, 9.17) is 0 Å². The lowest BCUT2D eigenvalue weighted by Gasteiger charge is -2.09. The van der Waals surface area contributed by atoms with Crippen LogP contribution in [0.15, 0.2) is 41.4 Å². The summed E-state index contributed by atoms with van der Waals surface area (Å²) in [7, 11) is -3.68. The molecule has 26 heavy (non-hydrogen) atoms. The molecule has 0 bridgehead atoms. The van der Waals surface area contributed by atoms with Crippen molar-refractivity contribution in [2.45, 2.75) is 24.4 Å². The molecule has 7 nitrogen and oxygen atoms in total. The number of alkyl halides is 3. The second-order valence-corrected chi connectivity index (χ2v) is 6.91. The summed E-state index contributed by atoms with van der Waals surface area (Å²) >= 11 is 0. The molecule has 1 aromatic heterocycles. The van der Waals surface area contributed by atoms with E-state index in [1.165, 1.54) is 24.3 Å². The molecule has 0 aliphatic heterocycles. The molecule has 0 spiro atoms. The summed E-state index contributed by atoms with van der Waals surface area (Å²) in [5.74, 6) is -1.28. The summed E-state index contributed by atoms with van der Waals surface area (Å²) in [6.45, 7) is 2.09. The Kier molecular flexibility index (Phi) is 5.93. The number of carbonyl (C=O) groups is 1. The van der Waals surface area contributed by atoms with Gasteiger partial charge in [-0.3, -0.25) is 10.1 Å². The smallest absolute Gasteiger partial charge is 0.290 e. The van der Waals surface area contributed by atoms with Gasteiger partial charge >= 0.3 is 6.18 Å². The fraction of sp³-hybridized carbons (Fsp3) is 0.267. The summed E-state index contributed by atoms with van der Waals surface area (Å²) in [5.41, 5.74) is -1.15. The van der Waals surface area contributed by atoms with E-state index in [0.717, 1.165) is 6.20 Å². The molecule has 11 heteroatoms. The van der Waals surface area contributed by atoms with Gasteiger partial charge in [-0.2, -0.15) is 13.2 Å². The summed E-state index contributed by atoms with van der Waals surface area (Å²) in [6, 6.07) is 5.60. The number of nitrogens with zero attached hydrogens (tertiary/aromatic N) is 2. The number of benzene rings is 1. The molecule has 0 fully saturated rings. The zero-order valence-corrected chi connectivity index (χ0v) is 14.4. The average molecular weight is 388 g/mol. The molecule has 1 heterocycles. The van der Waals surface area contributed by atoms with Crippen molar-refractivity contribution in [2.75, 3.05) is 11.9 Å². The van der Waals surface area contributed by atoms with Gasteiger partial charge in [-0.05, 0) is 36.8 Å². The molecule has 0 aliphatic carbocycles. The van der Waals surface area contributed by atoms with Crippen LogP contribution >= 0.6 is 0 Å². The van der Waals surface area contributed by atoms with E-state index in [1.54, 1.807) is 0 Å². The fourth-order valence-electron chi connectivity index (χ4n) is 1.86. The van der Waals surface area contributed by atoms with E-state index < -0.39 is 33.7 Å². The Morgan fingerprint density at radius 3 is 2.38 bits per heavy atom. The molecule has 0 atom stereocenters. The van der Waals surface area contributed by atoms with Crippen LogP contribution < -0.4 is 10.0 Å². The van der Waals surface area contributed by atoms with Crippen LogP contribution in [-0.2, 0) is 16.2 Å². The standard InChI is InChI=1S/C15H15F3N4O3S/c1-2-8-20-26(24,25)11-5-3-10(4-6-11)13(23)22-14-19-9-7-12(21-14)15(16,17)18/h3-7,9,20H,2,8H2,1H3,(H,19,21,22,23). The lowest BCUT2D eigenvalue weighted by Crippen LogP contribution is -2.24. The molecule has 1 amide bonds. The molecule has 0 aliphatic rings. The number of aromatic nitrogens is 2. The van der Waals surface area contributed by atoms with Crippen molar-refractivity contribution in [3.63, 3.8) is 0 Å². The Hall–Kier alpha value is -2.53. The third kappa shape index (κ3) is 4.99. The van der Waals surface area contributed by atoms with E-state index in [2.05, 4.69) is 20.0 Å². The molecule has 1 aromatic carbocycles. The number of hydrogen-bond acceptors (Lipinski definition) is 5. The van der Waals surface area contributed by atoms with E-state index >= 15 is 0 Å². The first-order valence-electron chi connectivity index (χ1n) is 7.45. The number of halogens is 3. The number of anilines is 1. The third-order valence-electron chi connectivity index (χ3n) is 3.14. The summed E-state index contributed by atoms with van der Waals surface area (Å²) in [5, 5.41) is 2.14. The highest BCUT2D eigenvalue weighted by molar-refractivity contribution is 7.89. The van der Waals surface area contributed by atoms with E-state index in [0.29, 0.717) is 12.5 Å². The molecule has 2 rings (SSSR count). The minimum Gasteiger partial charge on any atom is -0.290 e. The minimum atomic E-state index is -4.66. The van der Waals surface area contributed by atoms with Crippen LogP contribution in [0.2, 0.25) is 0 Å². The van der Waals surface area contributed by atoms with Crippen molar-refractivity contribution in [1.29, 1.82) is 0 Å². The topological polar surface area (TPSA) is 101 Å². The van der Waals surface area contributed by atoms with Gasteiger partial charge < -0.3 is 0 Å². The first-order valence-corrected chi connectivity index (χ1v) is 8.93. The van der Waals surface area contributed by atoms with Gasteiger partial charge in [0, 0.05) is 18.3 Å². The third-order valence-corrected chi connectivity index (χ3v) is 4.62. The number of nitrogens with one attached hydrogen (secondary N) is 2. The highest BCUT2D eigenvalue weighted by atomic mass is 32.2. The van der Waals surface area contributed by atoms with Gasteiger partial charge in [0.1, 0.15) is 5.69 Å². The maximum Gasteiger partial charge on any atom is 0.433 e. The first-order chi connectivity index (χ1) is 12.1. The van der Waals surface area contributed by atoms with Gasteiger partial charge in [0.25, 0.3) is 5.91 Å². The SMILES string of the molecule is CCCNS(=O)(=O)c1ccc(C(=O)Nc2nccc(C(F)(F)F)n2)cc1. The molecule has 2 N–H and O–H groups in total. The molecule has 0 saturated heterocycles. The predicted octanol–water partition coefficient (Wildman–Crippen LogP) is 2.44. The molecule has 0 radical (unpaired) electrons. The molecule has 140 valence electrons. The quantitative estimate of drug-likeness (QED) is 0.792. The maximum atomic E-state index is 12.6. The highest BCUT2D eigenvalue weighted by Crippen LogP contribution is 2.27. The zero-order valence-electron chi connectivity index (χ0n) is 13.5. The number of sulfonamides is 1.